The van der Waals surface area contributed by atoms with Gasteiger partial charge in [-0.2, -0.15) is 0 Å². The molecule has 3 aromatic heterocycles. The molecule has 0 amide bonds. The van der Waals surface area contributed by atoms with Crippen LogP contribution in [0.2, 0.25) is 0 Å². The molecule has 256 valence electrons. The summed E-state index contributed by atoms with van der Waals surface area (Å²) in [7, 11) is 0. The van der Waals surface area contributed by atoms with Gasteiger partial charge in [-0.3, -0.25) is 4.98 Å². The zero-order chi connectivity index (χ0) is 36.2. The fourth-order valence-corrected chi connectivity index (χ4v) is 8.13. The predicted octanol–water partition coefficient (Wildman–Crippen LogP) is 12.6. The molecular formula is C50H36N4. The molecule has 0 aliphatic heterocycles. The standard InChI is InChI=1S/C50H36N4/c1-31-20-27-38(32(2)51-31)41-18-10-11-19-42(41)50-52-45(35-14-4-3-5-15-35)30-46(53-50)36-21-23-37(24-22-36)47-43-28-25-33-12-6-8-16-39(33)48(43)54-49-40-17-9-7-13-34(40)26-29-44(47)49/h3-6,8-12,14-30H,7,13H2,1-2H3. The molecule has 0 unspecified atom stereocenters. The molecule has 0 fully saturated rings. The van der Waals surface area contributed by atoms with E-state index in [1.807, 2.05) is 13.0 Å². The van der Waals surface area contributed by atoms with Gasteiger partial charge in [0, 0.05) is 60.9 Å². The molecule has 3 heterocycles. The maximum absolute atomic E-state index is 5.41. The summed E-state index contributed by atoms with van der Waals surface area (Å²) in [5.41, 5.74) is 16.0. The van der Waals surface area contributed by atoms with E-state index in [1.54, 1.807) is 0 Å². The molecule has 0 saturated carbocycles. The van der Waals surface area contributed by atoms with Gasteiger partial charge in [0.25, 0.3) is 0 Å². The summed E-state index contributed by atoms with van der Waals surface area (Å²) < 4.78 is 0. The van der Waals surface area contributed by atoms with Crippen molar-refractivity contribution >= 4 is 38.7 Å². The second-order valence-electron chi connectivity index (χ2n) is 14.2. The van der Waals surface area contributed by atoms with E-state index in [0.29, 0.717) is 5.82 Å². The first kappa shape index (κ1) is 31.9. The minimum Gasteiger partial charge on any atom is -0.258 e. The number of hydrogen-bond donors (Lipinski definition) is 0. The second-order valence-corrected chi connectivity index (χ2v) is 14.2. The van der Waals surface area contributed by atoms with Crippen molar-refractivity contribution in [1.29, 1.82) is 0 Å². The fourth-order valence-electron chi connectivity index (χ4n) is 8.13. The number of aryl methyl sites for hydroxylation is 3. The van der Waals surface area contributed by atoms with Crippen LogP contribution >= 0.6 is 0 Å². The van der Waals surface area contributed by atoms with E-state index < -0.39 is 0 Å². The highest BCUT2D eigenvalue weighted by molar-refractivity contribution is 6.18. The van der Waals surface area contributed by atoms with Crippen molar-refractivity contribution < 1.29 is 0 Å². The molecule has 9 aromatic rings. The molecule has 4 nitrogen and oxygen atoms in total. The summed E-state index contributed by atoms with van der Waals surface area (Å²) >= 11 is 0. The maximum atomic E-state index is 5.41. The zero-order valence-corrected chi connectivity index (χ0v) is 30.2. The average Bonchev–Trinajstić information content (AvgIpc) is 3.23. The van der Waals surface area contributed by atoms with Crippen LogP contribution in [0.4, 0.5) is 0 Å². The Labute approximate surface area is 314 Å². The summed E-state index contributed by atoms with van der Waals surface area (Å²) in [6, 6.07) is 51.6. The van der Waals surface area contributed by atoms with Crippen LogP contribution in [0.3, 0.4) is 0 Å². The van der Waals surface area contributed by atoms with Crippen LogP contribution in [0.15, 0.2) is 152 Å². The van der Waals surface area contributed by atoms with Crippen molar-refractivity contribution in [2.45, 2.75) is 26.7 Å². The van der Waals surface area contributed by atoms with Crippen LogP contribution in [0, 0.1) is 13.8 Å². The van der Waals surface area contributed by atoms with E-state index in [2.05, 4.69) is 159 Å². The van der Waals surface area contributed by atoms with Crippen molar-refractivity contribution in [2.24, 2.45) is 0 Å². The lowest BCUT2D eigenvalue weighted by Crippen LogP contribution is -1.99. The SMILES string of the molecule is Cc1ccc(-c2ccccc2-c2nc(-c3ccccc3)cc(-c3ccc(-c4c5ccc6c(c5nc5c4ccc4ccccc45)C=CCC6)cc3)n2)c(C)n1. The van der Waals surface area contributed by atoms with E-state index in [-0.39, 0.29) is 0 Å². The lowest BCUT2D eigenvalue weighted by Gasteiger charge is -2.18. The van der Waals surface area contributed by atoms with Crippen molar-refractivity contribution in [3.8, 4) is 56.2 Å². The number of benzene rings is 6. The van der Waals surface area contributed by atoms with Gasteiger partial charge in [-0.05, 0) is 60.9 Å². The zero-order valence-electron chi connectivity index (χ0n) is 30.2. The summed E-state index contributed by atoms with van der Waals surface area (Å²) in [6.07, 6.45) is 6.65. The monoisotopic (exact) mass is 692 g/mol. The molecule has 6 aromatic carbocycles. The fraction of sp³-hybridized carbons (Fsp3) is 0.0800. The average molecular weight is 693 g/mol. The van der Waals surface area contributed by atoms with Crippen molar-refractivity contribution in [2.75, 3.05) is 0 Å². The van der Waals surface area contributed by atoms with E-state index in [4.69, 9.17) is 19.9 Å². The Morgan fingerprint density at radius 3 is 1.98 bits per heavy atom. The highest BCUT2D eigenvalue weighted by Gasteiger charge is 2.19. The number of allylic oxidation sites excluding steroid dienone is 1. The molecule has 1 aliphatic carbocycles. The van der Waals surface area contributed by atoms with E-state index in [9.17, 15) is 0 Å². The summed E-state index contributed by atoms with van der Waals surface area (Å²) in [5.74, 6) is 0.682. The van der Waals surface area contributed by atoms with Crippen molar-refractivity contribution in [1.82, 2.24) is 19.9 Å². The first-order valence-corrected chi connectivity index (χ1v) is 18.6. The minimum atomic E-state index is 0.682. The second kappa shape index (κ2) is 13.0. The Balaban J connectivity index is 1.15. The van der Waals surface area contributed by atoms with Crippen LogP contribution in [0.1, 0.15) is 28.9 Å². The highest BCUT2D eigenvalue weighted by atomic mass is 14.9. The Kier molecular flexibility index (Phi) is 7.69. The van der Waals surface area contributed by atoms with Gasteiger partial charge in [0.05, 0.1) is 22.4 Å². The Bertz CT molecular complexity index is 2940. The van der Waals surface area contributed by atoms with Gasteiger partial charge in [0.15, 0.2) is 5.82 Å². The molecule has 1 aliphatic rings. The molecule has 0 N–H and O–H groups in total. The predicted molar refractivity (Wildman–Crippen MR) is 224 cm³/mol. The van der Waals surface area contributed by atoms with Crippen LogP contribution in [0.5, 0.6) is 0 Å². The number of aromatic nitrogens is 4. The third kappa shape index (κ3) is 5.46. The van der Waals surface area contributed by atoms with Gasteiger partial charge in [-0.15, -0.1) is 0 Å². The Morgan fingerprint density at radius 2 is 1.17 bits per heavy atom. The first-order valence-electron chi connectivity index (χ1n) is 18.6. The van der Waals surface area contributed by atoms with Crippen LogP contribution in [0.25, 0.3) is 94.8 Å². The van der Waals surface area contributed by atoms with E-state index in [1.165, 1.54) is 32.8 Å². The first-order chi connectivity index (χ1) is 26.6. The van der Waals surface area contributed by atoms with Gasteiger partial charge in [-0.1, -0.05) is 146 Å². The number of rotatable bonds is 5. The molecule has 0 saturated heterocycles. The summed E-state index contributed by atoms with van der Waals surface area (Å²) in [6.45, 7) is 4.09. The smallest absolute Gasteiger partial charge is 0.161 e. The van der Waals surface area contributed by atoms with Gasteiger partial charge in [0.2, 0.25) is 0 Å². The van der Waals surface area contributed by atoms with Gasteiger partial charge >= 0.3 is 0 Å². The third-order valence-corrected chi connectivity index (χ3v) is 10.8. The normalized spacial score (nSPS) is 12.4. The minimum absolute atomic E-state index is 0.682. The van der Waals surface area contributed by atoms with Gasteiger partial charge in [-0.25, -0.2) is 15.0 Å². The third-order valence-electron chi connectivity index (χ3n) is 10.8. The van der Waals surface area contributed by atoms with E-state index in [0.717, 1.165) is 85.4 Å². The van der Waals surface area contributed by atoms with Crippen LogP contribution in [-0.4, -0.2) is 19.9 Å². The number of nitrogens with zero attached hydrogens (tertiary/aromatic N) is 4. The van der Waals surface area contributed by atoms with Crippen LogP contribution < -0.4 is 0 Å². The van der Waals surface area contributed by atoms with Gasteiger partial charge in [0.1, 0.15) is 0 Å². The lowest BCUT2D eigenvalue weighted by molar-refractivity contribution is 0.988. The highest BCUT2D eigenvalue weighted by Crippen LogP contribution is 2.41. The molecule has 0 bridgehead atoms. The lowest BCUT2D eigenvalue weighted by atomic mass is 9.89. The quantitative estimate of drug-likeness (QED) is 0.133. The molecule has 0 radical (unpaired) electrons. The molecule has 4 heteroatoms. The molecule has 0 spiro atoms. The Morgan fingerprint density at radius 1 is 0.481 bits per heavy atom. The molecule has 0 atom stereocenters. The summed E-state index contributed by atoms with van der Waals surface area (Å²) in [5, 5.41) is 4.69. The van der Waals surface area contributed by atoms with Crippen LogP contribution in [-0.2, 0) is 6.42 Å². The van der Waals surface area contributed by atoms with Crippen molar-refractivity contribution in [3.63, 3.8) is 0 Å². The molecular weight excluding hydrogens is 657 g/mol. The largest absolute Gasteiger partial charge is 0.258 e. The molecule has 54 heavy (non-hydrogen) atoms. The molecule has 10 rings (SSSR count). The topological polar surface area (TPSA) is 51.6 Å². The Hall–Kier alpha value is -6.78. The summed E-state index contributed by atoms with van der Waals surface area (Å²) in [4.78, 5) is 20.6. The maximum Gasteiger partial charge on any atom is 0.161 e. The number of pyridine rings is 2. The number of hydrogen-bond acceptors (Lipinski definition) is 4. The number of fused-ring (bicyclic) bond motifs is 6. The van der Waals surface area contributed by atoms with Crippen molar-refractivity contribution in [3.05, 3.63) is 174 Å². The van der Waals surface area contributed by atoms with E-state index >= 15 is 0 Å². The van der Waals surface area contributed by atoms with Gasteiger partial charge < -0.3 is 0 Å².